The van der Waals surface area contributed by atoms with Gasteiger partial charge in [0.2, 0.25) is 0 Å². The number of hydrogen-bond donors (Lipinski definition) is 1. The van der Waals surface area contributed by atoms with Crippen LogP contribution in [0.15, 0.2) is 30.6 Å². The van der Waals surface area contributed by atoms with E-state index in [1.54, 1.807) is 17.9 Å². The summed E-state index contributed by atoms with van der Waals surface area (Å²) in [6.07, 6.45) is -0.901. The van der Waals surface area contributed by atoms with Crippen LogP contribution in [-0.4, -0.2) is 9.78 Å². The Hall–Kier alpha value is -1.69. The number of halogens is 4. The van der Waals surface area contributed by atoms with Crippen molar-refractivity contribution in [2.24, 2.45) is 7.05 Å². The fraction of sp³-hybridized carbons (Fsp3) is 0.250. The summed E-state index contributed by atoms with van der Waals surface area (Å²) < 4.78 is 39.0. The van der Waals surface area contributed by atoms with Crippen molar-refractivity contribution in [3.05, 3.63) is 46.7 Å². The number of rotatable bonds is 3. The molecule has 0 saturated carbocycles. The fourth-order valence-corrected chi connectivity index (χ4v) is 1.84. The minimum absolute atomic E-state index is 0.0405. The summed E-state index contributed by atoms with van der Waals surface area (Å²) in [5.41, 5.74) is 0.612. The van der Waals surface area contributed by atoms with Gasteiger partial charge in [-0.1, -0.05) is 11.6 Å². The fourth-order valence-electron chi connectivity index (χ4n) is 1.60. The standard InChI is InChI=1S/C12H11ClF3N3/c1-19-7-8(6-18-19)5-17-11-3-2-9(4-10(11)13)12(14,15)16/h2-4,6-7,17H,5H2,1H3. The van der Waals surface area contributed by atoms with Crippen LogP contribution in [0.25, 0.3) is 0 Å². The topological polar surface area (TPSA) is 29.9 Å². The molecule has 1 N–H and O–H groups in total. The minimum atomic E-state index is -4.38. The Morgan fingerprint density at radius 2 is 2.11 bits per heavy atom. The van der Waals surface area contributed by atoms with Crippen molar-refractivity contribution in [1.29, 1.82) is 0 Å². The molecule has 7 heteroatoms. The number of nitrogens with one attached hydrogen (secondary N) is 1. The molecule has 0 fully saturated rings. The van der Waals surface area contributed by atoms with Gasteiger partial charge in [0, 0.05) is 25.4 Å². The van der Waals surface area contributed by atoms with E-state index in [4.69, 9.17) is 11.6 Å². The summed E-state index contributed by atoms with van der Waals surface area (Å²) in [5, 5.41) is 7.00. The number of hydrogen-bond acceptors (Lipinski definition) is 2. The van der Waals surface area contributed by atoms with Crippen LogP contribution in [0.4, 0.5) is 18.9 Å². The molecular weight excluding hydrogens is 279 g/mol. The second-order valence-electron chi connectivity index (χ2n) is 4.07. The molecule has 0 radical (unpaired) electrons. The quantitative estimate of drug-likeness (QED) is 0.933. The Labute approximate surface area is 113 Å². The Bertz CT molecular complexity index is 578. The molecule has 0 bridgehead atoms. The molecule has 1 heterocycles. The van der Waals surface area contributed by atoms with E-state index >= 15 is 0 Å². The highest BCUT2D eigenvalue weighted by Crippen LogP contribution is 2.33. The maximum absolute atomic E-state index is 12.5. The van der Waals surface area contributed by atoms with E-state index in [1.165, 1.54) is 6.07 Å². The van der Waals surface area contributed by atoms with Crippen LogP contribution in [0, 0.1) is 0 Å². The third-order valence-corrected chi connectivity index (χ3v) is 2.85. The van der Waals surface area contributed by atoms with Crippen LogP contribution in [-0.2, 0) is 19.8 Å². The van der Waals surface area contributed by atoms with Crippen molar-refractivity contribution < 1.29 is 13.2 Å². The largest absolute Gasteiger partial charge is 0.416 e. The van der Waals surface area contributed by atoms with E-state index in [1.807, 2.05) is 6.20 Å². The summed E-state index contributed by atoms with van der Waals surface area (Å²) in [5.74, 6) is 0. The highest BCUT2D eigenvalue weighted by atomic mass is 35.5. The molecule has 2 aromatic rings. The van der Waals surface area contributed by atoms with E-state index < -0.39 is 11.7 Å². The van der Waals surface area contributed by atoms with Crippen molar-refractivity contribution in [1.82, 2.24) is 9.78 Å². The molecule has 1 aromatic carbocycles. The van der Waals surface area contributed by atoms with Gasteiger partial charge >= 0.3 is 6.18 Å². The Balaban J connectivity index is 2.09. The van der Waals surface area contributed by atoms with Crippen molar-refractivity contribution in [2.75, 3.05) is 5.32 Å². The molecule has 2 rings (SSSR count). The summed E-state index contributed by atoms with van der Waals surface area (Å²) in [4.78, 5) is 0. The first-order chi connectivity index (χ1) is 8.86. The zero-order valence-corrected chi connectivity index (χ0v) is 10.8. The lowest BCUT2D eigenvalue weighted by Gasteiger charge is -2.11. The normalized spacial score (nSPS) is 11.6. The van der Waals surface area contributed by atoms with E-state index in [0.717, 1.165) is 17.7 Å². The van der Waals surface area contributed by atoms with Crippen LogP contribution < -0.4 is 5.32 Å². The third kappa shape index (κ3) is 3.41. The van der Waals surface area contributed by atoms with E-state index in [0.29, 0.717) is 12.2 Å². The summed E-state index contributed by atoms with van der Waals surface area (Å²) >= 11 is 5.82. The monoisotopic (exact) mass is 289 g/mol. The van der Waals surface area contributed by atoms with Crippen molar-refractivity contribution in [3.63, 3.8) is 0 Å². The first kappa shape index (κ1) is 13.7. The minimum Gasteiger partial charge on any atom is -0.380 e. The second-order valence-corrected chi connectivity index (χ2v) is 4.48. The van der Waals surface area contributed by atoms with E-state index in [2.05, 4.69) is 10.4 Å². The van der Waals surface area contributed by atoms with Crippen LogP contribution in [0.5, 0.6) is 0 Å². The van der Waals surface area contributed by atoms with Gasteiger partial charge in [-0.3, -0.25) is 4.68 Å². The van der Waals surface area contributed by atoms with E-state index in [-0.39, 0.29) is 5.02 Å². The Morgan fingerprint density at radius 3 is 2.63 bits per heavy atom. The number of aryl methyl sites for hydroxylation is 1. The zero-order chi connectivity index (χ0) is 14.0. The van der Waals surface area contributed by atoms with Crippen molar-refractivity contribution >= 4 is 17.3 Å². The third-order valence-electron chi connectivity index (χ3n) is 2.54. The molecule has 0 aliphatic rings. The van der Waals surface area contributed by atoms with Crippen LogP contribution >= 0.6 is 11.6 Å². The average Bonchev–Trinajstić information content (AvgIpc) is 2.72. The van der Waals surface area contributed by atoms with Gasteiger partial charge in [0.05, 0.1) is 22.5 Å². The molecule has 0 saturated heterocycles. The van der Waals surface area contributed by atoms with Gasteiger partial charge in [0.1, 0.15) is 0 Å². The van der Waals surface area contributed by atoms with Crippen molar-refractivity contribution in [3.8, 4) is 0 Å². The number of alkyl halides is 3. The number of aromatic nitrogens is 2. The molecular formula is C12H11ClF3N3. The molecule has 19 heavy (non-hydrogen) atoms. The lowest BCUT2D eigenvalue weighted by atomic mass is 10.2. The molecule has 0 amide bonds. The Morgan fingerprint density at radius 1 is 1.37 bits per heavy atom. The highest BCUT2D eigenvalue weighted by Gasteiger charge is 2.30. The van der Waals surface area contributed by atoms with Crippen LogP contribution in [0.2, 0.25) is 5.02 Å². The second kappa shape index (κ2) is 5.13. The molecule has 0 atom stereocenters. The Kier molecular flexibility index (Phi) is 3.71. The molecule has 0 spiro atoms. The molecule has 1 aromatic heterocycles. The first-order valence-corrected chi connectivity index (χ1v) is 5.82. The summed E-state index contributed by atoms with van der Waals surface area (Å²) in [7, 11) is 1.79. The van der Waals surface area contributed by atoms with Crippen molar-refractivity contribution in [2.45, 2.75) is 12.7 Å². The van der Waals surface area contributed by atoms with Gasteiger partial charge in [0.15, 0.2) is 0 Å². The number of benzene rings is 1. The number of nitrogens with zero attached hydrogens (tertiary/aromatic N) is 2. The van der Waals surface area contributed by atoms with Gasteiger partial charge in [-0.15, -0.1) is 0 Å². The maximum atomic E-state index is 12.5. The van der Waals surface area contributed by atoms with Crippen LogP contribution in [0.3, 0.4) is 0 Å². The van der Waals surface area contributed by atoms with Gasteiger partial charge in [0.25, 0.3) is 0 Å². The van der Waals surface area contributed by atoms with Gasteiger partial charge in [-0.05, 0) is 18.2 Å². The van der Waals surface area contributed by atoms with Gasteiger partial charge < -0.3 is 5.32 Å². The molecule has 0 aliphatic carbocycles. The van der Waals surface area contributed by atoms with E-state index in [9.17, 15) is 13.2 Å². The predicted molar refractivity (Wildman–Crippen MR) is 67.0 cm³/mol. The maximum Gasteiger partial charge on any atom is 0.416 e. The molecule has 0 aliphatic heterocycles. The summed E-state index contributed by atoms with van der Waals surface area (Å²) in [6, 6.07) is 3.23. The average molecular weight is 290 g/mol. The first-order valence-electron chi connectivity index (χ1n) is 5.44. The molecule has 0 unspecified atom stereocenters. The molecule has 102 valence electrons. The smallest absolute Gasteiger partial charge is 0.380 e. The lowest BCUT2D eigenvalue weighted by Crippen LogP contribution is -2.06. The highest BCUT2D eigenvalue weighted by molar-refractivity contribution is 6.33. The lowest BCUT2D eigenvalue weighted by molar-refractivity contribution is -0.137. The van der Waals surface area contributed by atoms with Gasteiger partial charge in [-0.2, -0.15) is 18.3 Å². The summed E-state index contributed by atoms with van der Waals surface area (Å²) in [6.45, 7) is 0.443. The van der Waals surface area contributed by atoms with Gasteiger partial charge in [-0.25, -0.2) is 0 Å². The predicted octanol–water partition coefficient (Wildman–Crippen LogP) is 3.70. The number of anilines is 1. The van der Waals surface area contributed by atoms with Crippen LogP contribution in [0.1, 0.15) is 11.1 Å². The SMILES string of the molecule is Cn1cc(CNc2ccc(C(F)(F)F)cc2Cl)cn1. The molecule has 3 nitrogen and oxygen atoms in total. The zero-order valence-electron chi connectivity index (χ0n) is 10.0.